The minimum absolute atomic E-state index is 0.191. The van der Waals surface area contributed by atoms with E-state index in [4.69, 9.17) is 0 Å². The second-order valence-corrected chi connectivity index (χ2v) is 7.33. The van der Waals surface area contributed by atoms with Crippen LogP contribution in [-0.2, 0) is 4.79 Å². The fourth-order valence-corrected chi connectivity index (χ4v) is 3.50. The lowest BCUT2D eigenvalue weighted by Crippen LogP contribution is -2.52. The average molecular weight is 288 g/mol. The second kappa shape index (κ2) is 7.50. The Morgan fingerprint density at radius 3 is 2.42 bits per heavy atom. The monoisotopic (exact) mass is 288 g/mol. The minimum Gasteiger partial charge on any atom is -0.380 e. The molecule has 4 nitrogen and oxygen atoms in total. The van der Waals surface area contributed by atoms with Crippen molar-refractivity contribution >= 4 is 17.7 Å². The molecular weight excluding hydrogens is 260 g/mol. The number of carbonyl (C=O) groups excluding carboxylic acids is 1. The number of aliphatic hydroxyl groups is 1. The first-order valence-electron chi connectivity index (χ1n) is 7.10. The lowest BCUT2D eigenvalue weighted by Gasteiger charge is -2.32. The molecule has 0 aliphatic carbocycles. The highest BCUT2D eigenvalue weighted by molar-refractivity contribution is 7.99. The van der Waals surface area contributed by atoms with Crippen molar-refractivity contribution in [3.63, 3.8) is 0 Å². The molecule has 1 atom stereocenters. The minimum atomic E-state index is -1.14. The third-order valence-electron chi connectivity index (χ3n) is 3.71. The molecule has 1 amide bonds. The van der Waals surface area contributed by atoms with E-state index in [1.165, 1.54) is 0 Å². The molecule has 0 aromatic rings. The first-order valence-corrected chi connectivity index (χ1v) is 8.25. The molecule has 1 aliphatic heterocycles. The predicted octanol–water partition coefficient (Wildman–Crippen LogP) is 1.34. The van der Waals surface area contributed by atoms with Gasteiger partial charge in [0.15, 0.2) is 0 Å². The summed E-state index contributed by atoms with van der Waals surface area (Å²) >= 11 is 1.80. The van der Waals surface area contributed by atoms with Crippen LogP contribution in [0.4, 0.5) is 0 Å². The van der Waals surface area contributed by atoms with Gasteiger partial charge in [-0.25, -0.2) is 0 Å². The van der Waals surface area contributed by atoms with Crippen LogP contribution in [0.3, 0.4) is 0 Å². The second-order valence-electron chi connectivity index (χ2n) is 6.10. The largest absolute Gasteiger partial charge is 0.380 e. The molecule has 19 heavy (non-hydrogen) atoms. The lowest BCUT2D eigenvalue weighted by atomic mass is 9.95. The van der Waals surface area contributed by atoms with Crippen LogP contribution in [0.25, 0.3) is 0 Å². The third-order valence-corrected chi connectivity index (χ3v) is 4.70. The molecule has 2 N–H and O–H groups in total. The van der Waals surface area contributed by atoms with Crippen LogP contribution in [0.2, 0.25) is 0 Å². The number of nitrogens with zero attached hydrogens (tertiary/aromatic N) is 1. The maximum absolute atomic E-state index is 12.1. The molecule has 0 bridgehead atoms. The van der Waals surface area contributed by atoms with E-state index in [1.54, 1.807) is 11.8 Å². The van der Waals surface area contributed by atoms with Crippen molar-refractivity contribution in [3.05, 3.63) is 0 Å². The van der Waals surface area contributed by atoms with Crippen molar-refractivity contribution in [2.75, 3.05) is 32.1 Å². The summed E-state index contributed by atoms with van der Waals surface area (Å²) in [7, 11) is 4.07. The number of likely N-dealkylation sites (N-methyl/N-ethyl adjacent to an activating group) is 1. The van der Waals surface area contributed by atoms with Gasteiger partial charge in [-0.3, -0.25) is 4.79 Å². The van der Waals surface area contributed by atoms with Gasteiger partial charge in [0.2, 0.25) is 0 Å². The molecule has 1 rings (SSSR count). The van der Waals surface area contributed by atoms with Crippen LogP contribution in [0, 0.1) is 5.92 Å². The standard InChI is InChI=1S/C14H28N2O2S/c1-11(2)9-12(16(3)4)10-15-13(17)14(18)5-7-19-8-6-14/h11-12,18H,5-10H2,1-4H3,(H,15,17). The zero-order chi connectivity index (χ0) is 14.5. The van der Waals surface area contributed by atoms with Gasteiger partial charge in [0.1, 0.15) is 5.60 Å². The summed E-state index contributed by atoms with van der Waals surface area (Å²) in [5, 5.41) is 13.3. The molecule has 112 valence electrons. The van der Waals surface area contributed by atoms with Gasteiger partial charge in [-0.1, -0.05) is 13.8 Å². The van der Waals surface area contributed by atoms with Crippen LogP contribution in [0.1, 0.15) is 33.1 Å². The topological polar surface area (TPSA) is 52.6 Å². The highest BCUT2D eigenvalue weighted by atomic mass is 32.2. The Balaban J connectivity index is 2.46. The Morgan fingerprint density at radius 1 is 1.37 bits per heavy atom. The first kappa shape index (κ1) is 16.8. The van der Waals surface area contributed by atoms with E-state index >= 15 is 0 Å². The molecule has 1 heterocycles. The Labute approximate surface area is 121 Å². The summed E-state index contributed by atoms with van der Waals surface area (Å²) in [4.78, 5) is 14.3. The molecule has 0 radical (unpaired) electrons. The lowest BCUT2D eigenvalue weighted by molar-refractivity contribution is -0.140. The van der Waals surface area contributed by atoms with Crippen molar-refractivity contribution in [3.8, 4) is 0 Å². The Morgan fingerprint density at radius 2 is 1.95 bits per heavy atom. The number of hydrogen-bond acceptors (Lipinski definition) is 4. The first-order chi connectivity index (χ1) is 8.85. The molecule has 0 saturated carbocycles. The Hall–Kier alpha value is -0.260. The van der Waals surface area contributed by atoms with Crippen molar-refractivity contribution in [1.29, 1.82) is 0 Å². The normalized spacial score (nSPS) is 20.6. The van der Waals surface area contributed by atoms with Gasteiger partial charge in [0.05, 0.1) is 0 Å². The molecule has 1 fully saturated rings. The third kappa shape index (κ3) is 5.32. The van der Waals surface area contributed by atoms with E-state index in [0.29, 0.717) is 31.3 Å². The molecule has 0 spiro atoms. The summed E-state index contributed by atoms with van der Waals surface area (Å²) in [6.45, 7) is 4.98. The number of rotatable bonds is 6. The van der Waals surface area contributed by atoms with Crippen LogP contribution in [0.5, 0.6) is 0 Å². The number of amides is 1. The quantitative estimate of drug-likeness (QED) is 0.774. The Kier molecular flexibility index (Phi) is 6.63. The van der Waals surface area contributed by atoms with E-state index in [-0.39, 0.29) is 5.91 Å². The van der Waals surface area contributed by atoms with Gasteiger partial charge in [-0.15, -0.1) is 0 Å². The van der Waals surface area contributed by atoms with Crippen LogP contribution in [-0.4, -0.2) is 59.7 Å². The van der Waals surface area contributed by atoms with E-state index in [1.807, 2.05) is 14.1 Å². The maximum Gasteiger partial charge on any atom is 0.252 e. The molecule has 1 aliphatic rings. The van der Waals surface area contributed by atoms with Gasteiger partial charge in [0, 0.05) is 12.6 Å². The zero-order valence-corrected chi connectivity index (χ0v) is 13.4. The summed E-state index contributed by atoms with van der Waals surface area (Å²) in [5.74, 6) is 2.14. The maximum atomic E-state index is 12.1. The van der Waals surface area contributed by atoms with Gasteiger partial charge in [-0.2, -0.15) is 11.8 Å². The van der Waals surface area contributed by atoms with Crippen molar-refractivity contribution in [1.82, 2.24) is 10.2 Å². The molecular formula is C14H28N2O2S. The van der Waals surface area contributed by atoms with E-state index in [2.05, 4.69) is 24.1 Å². The number of hydrogen-bond donors (Lipinski definition) is 2. The number of nitrogens with one attached hydrogen (secondary N) is 1. The summed E-state index contributed by atoms with van der Waals surface area (Å²) in [5.41, 5.74) is -1.14. The molecule has 0 aromatic heterocycles. The van der Waals surface area contributed by atoms with E-state index < -0.39 is 5.60 Å². The number of carbonyl (C=O) groups is 1. The summed E-state index contributed by atoms with van der Waals surface area (Å²) in [6, 6.07) is 0.325. The van der Waals surface area contributed by atoms with Gasteiger partial charge >= 0.3 is 0 Å². The fourth-order valence-electron chi connectivity index (χ4n) is 2.33. The van der Waals surface area contributed by atoms with Crippen molar-refractivity contribution in [2.24, 2.45) is 5.92 Å². The van der Waals surface area contributed by atoms with Gasteiger partial charge in [-0.05, 0) is 50.8 Å². The van der Waals surface area contributed by atoms with Crippen LogP contribution in [0.15, 0.2) is 0 Å². The highest BCUT2D eigenvalue weighted by Gasteiger charge is 2.37. The van der Waals surface area contributed by atoms with Gasteiger partial charge < -0.3 is 15.3 Å². The SMILES string of the molecule is CC(C)CC(CNC(=O)C1(O)CCSCC1)N(C)C. The average Bonchev–Trinajstić information content (AvgIpc) is 2.34. The van der Waals surface area contributed by atoms with Gasteiger partial charge in [0.25, 0.3) is 5.91 Å². The highest BCUT2D eigenvalue weighted by Crippen LogP contribution is 2.27. The van der Waals surface area contributed by atoms with Crippen LogP contribution < -0.4 is 5.32 Å². The van der Waals surface area contributed by atoms with E-state index in [0.717, 1.165) is 17.9 Å². The molecule has 5 heteroatoms. The van der Waals surface area contributed by atoms with E-state index in [9.17, 15) is 9.90 Å². The Bertz CT molecular complexity index is 289. The van der Waals surface area contributed by atoms with Crippen molar-refractivity contribution in [2.45, 2.75) is 44.8 Å². The smallest absolute Gasteiger partial charge is 0.252 e. The summed E-state index contributed by atoms with van der Waals surface area (Å²) < 4.78 is 0. The van der Waals surface area contributed by atoms with Crippen LogP contribution >= 0.6 is 11.8 Å². The molecule has 1 unspecified atom stereocenters. The van der Waals surface area contributed by atoms with Crippen molar-refractivity contribution < 1.29 is 9.90 Å². The summed E-state index contributed by atoms with van der Waals surface area (Å²) in [6.07, 6.45) is 2.18. The zero-order valence-electron chi connectivity index (χ0n) is 12.6. The predicted molar refractivity (Wildman–Crippen MR) is 81.4 cm³/mol. The molecule has 1 saturated heterocycles. The molecule has 0 aromatic carbocycles. The number of thioether (sulfide) groups is 1. The fraction of sp³-hybridized carbons (Fsp3) is 0.929.